The predicted molar refractivity (Wildman–Crippen MR) is 185 cm³/mol. The molecule has 0 aliphatic carbocycles. The molecule has 0 bridgehead atoms. The molecule has 2 amide bonds. The van der Waals surface area contributed by atoms with E-state index in [0.29, 0.717) is 0 Å². The number of carbonyl (C=O) groups excluding carboxylic acids is 3. The Balaban J connectivity index is 1.52. The van der Waals surface area contributed by atoms with Gasteiger partial charge in [0.15, 0.2) is 5.78 Å². The number of ketones is 1. The van der Waals surface area contributed by atoms with Crippen molar-refractivity contribution in [3.8, 4) is 11.5 Å². The van der Waals surface area contributed by atoms with Crippen LogP contribution >= 0.6 is 0 Å². The number of Topliss-reactive ketones (excluding diaryl/α,β-unsaturated/α-hetero) is 1. The summed E-state index contributed by atoms with van der Waals surface area (Å²) in [5.41, 5.74) is -0.538. The molecular weight excluding hydrogens is 741 g/mol. The molecule has 19 nitrogen and oxygen atoms in total. The number of phenols is 1. The van der Waals surface area contributed by atoms with Crippen molar-refractivity contribution in [2.24, 2.45) is 20.5 Å². The number of ether oxygens (including phenoxy) is 1. The summed E-state index contributed by atoms with van der Waals surface area (Å²) in [5.74, 6) is -4.61. The number of nitrogens with zero attached hydrogens (tertiary/aromatic N) is 4. The van der Waals surface area contributed by atoms with Gasteiger partial charge in [-0.15, -0.1) is 0 Å². The van der Waals surface area contributed by atoms with E-state index >= 15 is 0 Å². The van der Waals surface area contributed by atoms with Crippen LogP contribution in [0.5, 0.6) is 11.5 Å². The topological polar surface area (TPSA) is 300 Å². The standard InChI is InChI=1S/C32H28N6O13S2/c1-16-12-24(26(51-3)15-27(16)52(45,46)47)34-31(42)29(17(2)39)38-37-23-10-8-20(14-28(23)53(48,49)50)33-30(41)18-4-6-19(7-5-18)35-36-21-9-11-25(40)22(13-21)32(43)44/h4-15,29,40H,1-3H3,(H,33,41)(H,34,42)(H,43,44)(H,45,46,47)(H,48,49,50). The average molecular weight is 769 g/mol. The molecule has 0 saturated carbocycles. The Morgan fingerprint density at radius 1 is 0.774 bits per heavy atom. The Bertz CT molecular complexity index is 2410. The Hall–Kier alpha value is -6.42. The lowest BCUT2D eigenvalue weighted by Gasteiger charge is -2.15. The van der Waals surface area contributed by atoms with E-state index in [0.717, 1.165) is 50.4 Å². The molecule has 53 heavy (non-hydrogen) atoms. The highest BCUT2D eigenvalue weighted by atomic mass is 32.2. The summed E-state index contributed by atoms with van der Waals surface area (Å²) in [6, 6.07) is 12.5. The molecule has 0 saturated heterocycles. The van der Waals surface area contributed by atoms with Crippen LogP contribution in [0.15, 0.2) is 103 Å². The van der Waals surface area contributed by atoms with Gasteiger partial charge < -0.3 is 25.6 Å². The molecular formula is C32H28N6O13S2. The van der Waals surface area contributed by atoms with Gasteiger partial charge in [-0.3, -0.25) is 23.5 Å². The smallest absolute Gasteiger partial charge is 0.339 e. The molecule has 6 N–H and O–H groups in total. The lowest BCUT2D eigenvalue weighted by Crippen LogP contribution is -2.32. The van der Waals surface area contributed by atoms with Gasteiger partial charge in [0.05, 0.1) is 24.2 Å². The minimum absolute atomic E-state index is 0.0269. The van der Waals surface area contributed by atoms with Crippen LogP contribution in [0, 0.1) is 6.92 Å². The Kier molecular flexibility index (Phi) is 11.8. The predicted octanol–water partition coefficient (Wildman–Crippen LogP) is 5.25. The number of carbonyl (C=O) groups is 4. The first kappa shape index (κ1) is 39.4. The first-order valence-electron chi connectivity index (χ1n) is 14.7. The van der Waals surface area contributed by atoms with Gasteiger partial charge in [0.25, 0.3) is 32.1 Å². The van der Waals surface area contributed by atoms with Crippen LogP contribution < -0.4 is 15.4 Å². The second-order valence-electron chi connectivity index (χ2n) is 10.9. The van der Waals surface area contributed by atoms with Crippen LogP contribution in [-0.2, 0) is 29.8 Å². The fourth-order valence-electron chi connectivity index (χ4n) is 4.49. The zero-order chi connectivity index (χ0) is 39.2. The normalized spacial score (nSPS) is 12.4. The summed E-state index contributed by atoms with van der Waals surface area (Å²) >= 11 is 0. The van der Waals surface area contributed by atoms with E-state index in [9.17, 15) is 50.2 Å². The number of benzene rings is 4. The van der Waals surface area contributed by atoms with Gasteiger partial charge in [0.2, 0.25) is 6.04 Å². The van der Waals surface area contributed by atoms with Crippen molar-refractivity contribution in [1.29, 1.82) is 0 Å². The van der Waals surface area contributed by atoms with E-state index in [4.69, 9.17) is 9.84 Å². The number of hydrogen-bond donors (Lipinski definition) is 6. The number of hydrogen-bond acceptors (Lipinski definition) is 14. The summed E-state index contributed by atoms with van der Waals surface area (Å²) in [6.45, 7) is 2.33. The molecule has 0 fully saturated rings. The van der Waals surface area contributed by atoms with Crippen LogP contribution in [-0.4, -0.2) is 72.9 Å². The lowest BCUT2D eigenvalue weighted by atomic mass is 10.1. The fraction of sp³-hybridized carbons (Fsp3) is 0.125. The first-order valence-corrected chi connectivity index (χ1v) is 17.6. The Morgan fingerprint density at radius 2 is 1.40 bits per heavy atom. The minimum Gasteiger partial charge on any atom is -0.507 e. The number of carboxylic acids is 1. The van der Waals surface area contributed by atoms with Crippen molar-refractivity contribution >= 4 is 72.2 Å². The highest BCUT2D eigenvalue weighted by molar-refractivity contribution is 7.86. The lowest BCUT2D eigenvalue weighted by molar-refractivity contribution is -0.126. The maximum absolute atomic E-state index is 13.0. The second kappa shape index (κ2) is 15.9. The highest BCUT2D eigenvalue weighted by Crippen LogP contribution is 2.32. The first-order chi connectivity index (χ1) is 24.8. The van der Waals surface area contributed by atoms with Crippen molar-refractivity contribution < 1.29 is 60.1 Å². The van der Waals surface area contributed by atoms with E-state index in [2.05, 4.69) is 31.1 Å². The Morgan fingerprint density at radius 3 is 1.98 bits per heavy atom. The van der Waals surface area contributed by atoms with Gasteiger partial charge in [-0.05, 0) is 86.1 Å². The monoisotopic (exact) mass is 768 g/mol. The summed E-state index contributed by atoms with van der Waals surface area (Å²) < 4.78 is 72.2. The van der Waals surface area contributed by atoms with Gasteiger partial charge >= 0.3 is 5.97 Å². The highest BCUT2D eigenvalue weighted by Gasteiger charge is 2.26. The van der Waals surface area contributed by atoms with E-state index in [1.54, 1.807) is 0 Å². The third-order valence-electron chi connectivity index (χ3n) is 7.06. The molecule has 0 heterocycles. The van der Waals surface area contributed by atoms with Crippen LogP contribution in [0.25, 0.3) is 0 Å². The van der Waals surface area contributed by atoms with Crippen LogP contribution in [0.1, 0.15) is 33.2 Å². The molecule has 21 heteroatoms. The number of carboxylic acid groups (broad SMARTS) is 1. The Labute approximate surface area is 300 Å². The number of aromatic hydroxyl groups is 1. The summed E-state index contributed by atoms with van der Waals surface area (Å²) in [5, 5.41) is 38.8. The van der Waals surface area contributed by atoms with E-state index in [-0.39, 0.29) is 45.2 Å². The van der Waals surface area contributed by atoms with Crippen molar-refractivity contribution in [3.05, 3.63) is 89.5 Å². The van der Waals surface area contributed by atoms with Gasteiger partial charge in [-0.2, -0.15) is 37.3 Å². The molecule has 4 aromatic rings. The summed E-state index contributed by atoms with van der Waals surface area (Å²) in [6.07, 6.45) is 0. The number of amides is 2. The number of aromatic carboxylic acids is 1. The number of rotatable bonds is 13. The molecule has 4 rings (SSSR count). The van der Waals surface area contributed by atoms with Gasteiger partial charge in [0.1, 0.15) is 32.5 Å². The van der Waals surface area contributed by atoms with Gasteiger partial charge in [-0.1, -0.05) is 0 Å². The maximum atomic E-state index is 13.0. The van der Waals surface area contributed by atoms with Crippen molar-refractivity contribution in [2.75, 3.05) is 17.7 Å². The molecule has 276 valence electrons. The van der Waals surface area contributed by atoms with Crippen molar-refractivity contribution in [2.45, 2.75) is 29.7 Å². The van der Waals surface area contributed by atoms with E-state index < -0.39 is 71.1 Å². The molecule has 0 spiro atoms. The van der Waals surface area contributed by atoms with Crippen LogP contribution in [0.4, 0.5) is 28.4 Å². The number of azo groups is 2. The average Bonchev–Trinajstić information content (AvgIpc) is 3.07. The number of nitrogens with one attached hydrogen (secondary N) is 2. The van der Waals surface area contributed by atoms with Crippen LogP contribution in [0.3, 0.4) is 0 Å². The molecule has 0 radical (unpaired) electrons. The van der Waals surface area contributed by atoms with Crippen molar-refractivity contribution in [3.63, 3.8) is 0 Å². The molecule has 0 aliphatic rings. The zero-order valence-electron chi connectivity index (χ0n) is 27.6. The number of methoxy groups -OCH3 is 1. The van der Waals surface area contributed by atoms with E-state index in [1.807, 2.05) is 0 Å². The maximum Gasteiger partial charge on any atom is 0.339 e. The third kappa shape index (κ3) is 9.89. The molecule has 4 aromatic carbocycles. The number of aryl methyl sites for hydroxylation is 1. The van der Waals surface area contributed by atoms with Crippen LogP contribution in [0.2, 0.25) is 0 Å². The molecule has 1 unspecified atom stereocenters. The quantitative estimate of drug-likeness (QED) is 0.0576. The van der Waals surface area contributed by atoms with Gasteiger partial charge in [0, 0.05) is 17.3 Å². The second-order valence-corrected chi connectivity index (χ2v) is 13.7. The summed E-state index contributed by atoms with van der Waals surface area (Å²) in [7, 11) is -8.49. The largest absolute Gasteiger partial charge is 0.507 e. The zero-order valence-corrected chi connectivity index (χ0v) is 29.2. The van der Waals surface area contributed by atoms with Gasteiger partial charge in [-0.25, -0.2) is 4.79 Å². The summed E-state index contributed by atoms with van der Waals surface area (Å²) in [4.78, 5) is 48.2. The SMILES string of the molecule is COc1cc(S(=O)(=O)O)c(C)cc1NC(=O)C(N=Nc1ccc(NC(=O)c2ccc(N=Nc3ccc(O)c(C(=O)O)c3)cc2)cc1S(=O)(=O)O)C(C)=O. The third-order valence-corrected chi connectivity index (χ3v) is 8.94. The van der Waals surface area contributed by atoms with E-state index in [1.165, 1.54) is 43.3 Å². The molecule has 0 aliphatic heterocycles. The number of anilines is 2. The molecule has 0 aromatic heterocycles. The molecule has 1 atom stereocenters. The minimum atomic E-state index is -5.01. The fourth-order valence-corrected chi connectivity index (χ4v) is 5.86. The van der Waals surface area contributed by atoms with Crippen molar-refractivity contribution in [1.82, 2.24) is 0 Å².